The first-order valence-corrected chi connectivity index (χ1v) is 6.19. The molecule has 2 aromatic heterocycles. The van der Waals surface area contributed by atoms with Gasteiger partial charge in [0.1, 0.15) is 6.04 Å². The van der Waals surface area contributed by atoms with Crippen molar-refractivity contribution in [3.8, 4) is 0 Å². The maximum atomic E-state index is 12.2. The normalized spacial score (nSPS) is 12.6. The number of fused-ring (bicyclic) bond motifs is 1. The van der Waals surface area contributed by atoms with Crippen LogP contribution in [0.4, 0.5) is 0 Å². The molecule has 0 saturated heterocycles. The van der Waals surface area contributed by atoms with E-state index in [-0.39, 0.29) is 17.8 Å². The Balaban J connectivity index is 2.72. The second kappa shape index (κ2) is 4.95. The molecule has 20 heavy (non-hydrogen) atoms. The number of nitrogens with zero attached hydrogens (tertiary/aromatic N) is 4. The Bertz CT molecular complexity index is 783. The Morgan fingerprint density at radius 3 is 2.60 bits per heavy atom. The second-order valence-electron chi connectivity index (χ2n) is 4.46. The average molecular weight is 280 g/mol. The van der Waals surface area contributed by atoms with E-state index in [2.05, 4.69) is 4.98 Å². The molecule has 0 fully saturated rings. The van der Waals surface area contributed by atoms with Gasteiger partial charge in [-0.05, 0) is 13.8 Å². The van der Waals surface area contributed by atoms with E-state index in [4.69, 9.17) is 4.74 Å². The minimum absolute atomic E-state index is 0.204. The van der Waals surface area contributed by atoms with Gasteiger partial charge in [0.2, 0.25) is 0 Å². The standard InChI is InChI=1S/C12H16N4O4/c1-5-20-11(18)7(2)16-6-13-9-8(16)10(17)15(4)12(19)14(9)3/h6-7H,5H2,1-4H3/t7-/m0/s1. The number of aryl methyl sites for hydroxylation is 1. The third-order valence-electron chi connectivity index (χ3n) is 3.22. The molecule has 0 spiro atoms. The molecule has 8 heteroatoms. The number of hydrogen-bond acceptors (Lipinski definition) is 5. The van der Waals surface area contributed by atoms with Crippen LogP contribution in [-0.2, 0) is 23.6 Å². The fraction of sp³-hybridized carbons (Fsp3) is 0.500. The van der Waals surface area contributed by atoms with Crippen LogP contribution in [0.3, 0.4) is 0 Å². The SMILES string of the molecule is CCOC(=O)[C@H](C)n1cnc2c1c(=O)n(C)c(=O)n2C. The number of carbonyl (C=O) groups excluding carboxylic acids is 1. The van der Waals surface area contributed by atoms with Gasteiger partial charge in [0.15, 0.2) is 11.2 Å². The van der Waals surface area contributed by atoms with Gasteiger partial charge in [0.05, 0.1) is 12.9 Å². The fourth-order valence-electron chi connectivity index (χ4n) is 2.03. The highest BCUT2D eigenvalue weighted by Crippen LogP contribution is 2.14. The molecule has 0 N–H and O–H groups in total. The molecule has 0 unspecified atom stereocenters. The lowest BCUT2D eigenvalue weighted by atomic mass is 10.3. The third kappa shape index (κ3) is 1.93. The predicted molar refractivity (Wildman–Crippen MR) is 71.6 cm³/mol. The smallest absolute Gasteiger partial charge is 0.332 e. The summed E-state index contributed by atoms with van der Waals surface area (Å²) in [7, 11) is 2.91. The molecule has 0 aliphatic carbocycles. The largest absolute Gasteiger partial charge is 0.464 e. The zero-order valence-electron chi connectivity index (χ0n) is 11.8. The number of aromatic nitrogens is 4. The summed E-state index contributed by atoms with van der Waals surface area (Å²) in [6.45, 7) is 3.58. The molecule has 1 atom stereocenters. The van der Waals surface area contributed by atoms with Gasteiger partial charge in [0, 0.05) is 14.1 Å². The second-order valence-corrected chi connectivity index (χ2v) is 4.46. The highest BCUT2D eigenvalue weighted by molar-refractivity contribution is 5.78. The number of rotatable bonds is 3. The van der Waals surface area contributed by atoms with Crippen LogP contribution in [-0.4, -0.2) is 31.3 Å². The number of esters is 1. The molecule has 0 aliphatic rings. The number of carbonyl (C=O) groups is 1. The van der Waals surface area contributed by atoms with Gasteiger partial charge >= 0.3 is 11.7 Å². The Morgan fingerprint density at radius 1 is 1.35 bits per heavy atom. The first-order chi connectivity index (χ1) is 9.40. The van der Waals surface area contributed by atoms with Crippen LogP contribution in [0.5, 0.6) is 0 Å². The van der Waals surface area contributed by atoms with Crippen molar-refractivity contribution in [1.29, 1.82) is 0 Å². The Morgan fingerprint density at radius 2 is 2.00 bits per heavy atom. The summed E-state index contributed by atoms with van der Waals surface area (Å²) in [5.41, 5.74) is -0.502. The lowest BCUT2D eigenvalue weighted by molar-refractivity contribution is -0.146. The summed E-state index contributed by atoms with van der Waals surface area (Å²) in [5, 5.41) is 0. The van der Waals surface area contributed by atoms with Crippen molar-refractivity contribution in [2.24, 2.45) is 14.1 Å². The van der Waals surface area contributed by atoms with E-state index in [1.807, 2.05) is 0 Å². The van der Waals surface area contributed by atoms with Crippen LogP contribution < -0.4 is 11.2 Å². The molecule has 0 radical (unpaired) electrons. The number of ether oxygens (including phenoxy) is 1. The van der Waals surface area contributed by atoms with E-state index in [1.54, 1.807) is 13.8 Å². The topological polar surface area (TPSA) is 88.1 Å². The molecule has 108 valence electrons. The van der Waals surface area contributed by atoms with Gasteiger partial charge in [-0.3, -0.25) is 13.9 Å². The van der Waals surface area contributed by atoms with E-state index in [0.717, 1.165) is 4.57 Å². The van der Waals surface area contributed by atoms with Crippen molar-refractivity contribution in [3.63, 3.8) is 0 Å². The first kappa shape index (κ1) is 14.0. The van der Waals surface area contributed by atoms with Gasteiger partial charge in [-0.1, -0.05) is 0 Å². The zero-order valence-corrected chi connectivity index (χ0v) is 11.8. The molecule has 8 nitrogen and oxygen atoms in total. The van der Waals surface area contributed by atoms with Crippen LogP contribution in [0, 0.1) is 0 Å². The van der Waals surface area contributed by atoms with Gasteiger partial charge < -0.3 is 9.30 Å². The van der Waals surface area contributed by atoms with Crippen LogP contribution in [0.15, 0.2) is 15.9 Å². The van der Waals surface area contributed by atoms with Gasteiger partial charge in [0.25, 0.3) is 5.56 Å². The van der Waals surface area contributed by atoms with Gasteiger partial charge in [-0.25, -0.2) is 14.6 Å². The van der Waals surface area contributed by atoms with E-state index in [0.29, 0.717) is 0 Å². The Labute approximate surface area is 114 Å². The fourth-order valence-corrected chi connectivity index (χ4v) is 2.03. The third-order valence-corrected chi connectivity index (χ3v) is 3.22. The maximum Gasteiger partial charge on any atom is 0.332 e. The summed E-state index contributed by atoms with van der Waals surface area (Å²) in [5.74, 6) is -0.456. The average Bonchev–Trinajstić information content (AvgIpc) is 2.87. The van der Waals surface area contributed by atoms with Crippen molar-refractivity contribution in [3.05, 3.63) is 27.2 Å². The lowest BCUT2D eigenvalue weighted by Crippen LogP contribution is -2.38. The predicted octanol–water partition coefficient (Wildman–Crippen LogP) is -0.442. The van der Waals surface area contributed by atoms with Crippen molar-refractivity contribution in [2.75, 3.05) is 6.61 Å². The van der Waals surface area contributed by atoms with Gasteiger partial charge in [-0.2, -0.15) is 0 Å². The summed E-state index contributed by atoms with van der Waals surface area (Å²) in [6, 6.07) is -0.690. The minimum atomic E-state index is -0.690. The first-order valence-electron chi connectivity index (χ1n) is 6.19. The molecule has 0 bridgehead atoms. The van der Waals surface area contributed by atoms with Gasteiger partial charge in [-0.15, -0.1) is 0 Å². The molecule has 2 rings (SSSR count). The minimum Gasteiger partial charge on any atom is -0.464 e. The number of imidazole rings is 1. The molecule has 0 aromatic carbocycles. The Hall–Kier alpha value is -2.38. The van der Waals surface area contributed by atoms with Crippen molar-refractivity contribution < 1.29 is 9.53 Å². The van der Waals surface area contributed by atoms with Crippen LogP contribution in [0.1, 0.15) is 19.9 Å². The van der Waals surface area contributed by atoms with Crippen molar-refractivity contribution >= 4 is 17.1 Å². The van der Waals surface area contributed by atoms with Crippen molar-refractivity contribution in [2.45, 2.75) is 19.9 Å². The van der Waals surface area contributed by atoms with E-state index >= 15 is 0 Å². The lowest BCUT2D eigenvalue weighted by Gasteiger charge is -2.13. The summed E-state index contributed by atoms with van der Waals surface area (Å²) < 4.78 is 8.61. The number of hydrogen-bond donors (Lipinski definition) is 0. The van der Waals surface area contributed by atoms with E-state index in [1.165, 1.54) is 29.6 Å². The monoisotopic (exact) mass is 280 g/mol. The molecule has 0 saturated carbocycles. The van der Waals surface area contributed by atoms with E-state index in [9.17, 15) is 14.4 Å². The quantitative estimate of drug-likeness (QED) is 0.711. The zero-order chi connectivity index (χ0) is 15.0. The molecular formula is C12H16N4O4. The maximum absolute atomic E-state index is 12.2. The Kier molecular flexibility index (Phi) is 3.47. The highest BCUT2D eigenvalue weighted by atomic mass is 16.5. The van der Waals surface area contributed by atoms with E-state index < -0.39 is 23.3 Å². The molecule has 0 amide bonds. The highest BCUT2D eigenvalue weighted by Gasteiger charge is 2.22. The molecular weight excluding hydrogens is 264 g/mol. The summed E-state index contributed by atoms with van der Waals surface area (Å²) in [6.07, 6.45) is 1.37. The summed E-state index contributed by atoms with van der Waals surface area (Å²) in [4.78, 5) is 39.8. The molecule has 2 heterocycles. The van der Waals surface area contributed by atoms with Crippen LogP contribution in [0.2, 0.25) is 0 Å². The summed E-state index contributed by atoms with van der Waals surface area (Å²) >= 11 is 0. The van der Waals surface area contributed by atoms with Crippen molar-refractivity contribution in [1.82, 2.24) is 18.7 Å². The molecule has 0 aliphatic heterocycles. The van der Waals surface area contributed by atoms with Crippen LogP contribution in [0.25, 0.3) is 11.2 Å². The molecule has 2 aromatic rings. The van der Waals surface area contributed by atoms with Crippen LogP contribution >= 0.6 is 0 Å².